The van der Waals surface area contributed by atoms with Crippen molar-refractivity contribution in [2.45, 2.75) is 19.3 Å². The molecule has 6 heteroatoms. The van der Waals surface area contributed by atoms with Gasteiger partial charge in [0, 0.05) is 11.6 Å². The number of nitrogens with one attached hydrogen (secondary N) is 2. The Bertz CT molecular complexity index is 1020. The summed E-state index contributed by atoms with van der Waals surface area (Å²) in [6.07, 6.45) is 2.31. The van der Waals surface area contributed by atoms with Gasteiger partial charge in [0.1, 0.15) is 0 Å². The molecule has 2 amide bonds. The number of carbonyl (C=O) groups is 2. The van der Waals surface area contributed by atoms with Gasteiger partial charge in [0.25, 0.3) is 5.91 Å². The van der Waals surface area contributed by atoms with E-state index in [2.05, 4.69) is 28.0 Å². The highest BCUT2D eigenvalue weighted by Crippen LogP contribution is 2.47. The van der Waals surface area contributed by atoms with Gasteiger partial charge >= 0.3 is 0 Å². The smallest absolute Gasteiger partial charge is 0.291 e. The van der Waals surface area contributed by atoms with Crippen LogP contribution < -0.4 is 10.7 Å². The largest absolute Gasteiger partial charge is 0.459 e. The van der Waals surface area contributed by atoms with Gasteiger partial charge in [0.15, 0.2) is 5.76 Å². The number of hydrogen-bond donors (Lipinski definition) is 2. The van der Waals surface area contributed by atoms with Crippen LogP contribution in [0.4, 0.5) is 5.69 Å². The molecule has 29 heavy (non-hydrogen) atoms. The molecule has 1 fully saturated rings. The standard InChI is InChI=1S/C23H21N3O3/c1-15(25-26-22(27)20-14-19(20)17-6-3-2-4-7-17)16-9-11-18(12-10-16)24-23(28)21-8-5-13-29-21/h2-13,19-20H,14H2,1H3,(H,24,28)(H,26,27)/b25-15+/t19-,20+/m1/s1. The molecule has 1 aromatic heterocycles. The molecule has 0 aliphatic heterocycles. The van der Waals surface area contributed by atoms with E-state index in [1.165, 1.54) is 11.8 Å². The van der Waals surface area contributed by atoms with Crippen molar-refractivity contribution in [3.63, 3.8) is 0 Å². The predicted molar refractivity (Wildman–Crippen MR) is 111 cm³/mol. The Morgan fingerprint density at radius 3 is 2.45 bits per heavy atom. The molecular formula is C23H21N3O3. The molecule has 1 aliphatic rings. The summed E-state index contributed by atoms with van der Waals surface area (Å²) in [4.78, 5) is 24.3. The molecule has 0 saturated heterocycles. The zero-order valence-electron chi connectivity index (χ0n) is 16.0. The lowest BCUT2D eigenvalue weighted by molar-refractivity contribution is -0.122. The Hall–Kier alpha value is -3.67. The first-order valence-electron chi connectivity index (χ1n) is 9.46. The van der Waals surface area contributed by atoms with Crippen LogP contribution in [-0.4, -0.2) is 17.5 Å². The lowest BCUT2D eigenvalue weighted by Gasteiger charge is -2.06. The minimum Gasteiger partial charge on any atom is -0.459 e. The van der Waals surface area contributed by atoms with Crippen LogP contribution in [0, 0.1) is 5.92 Å². The van der Waals surface area contributed by atoms with Crippen molar-refractivity contribution in [1.29, 1.82) is 0 Å². The first-order chi connectivity index (χ1) is 14.1. The molecule has 0 unspecified atom stereocenters. The van der Waals surface area contributed by atoms with Crippen molar-refractivity contribution < 1.29 is 14.0 Å². The van der Waals surface area contributed by atoms with Crippen LogP contribution in [0.25, 0.3) is 0 Å². The summed E-state index contributed by atoms with van der Waals surface area (Å²) < 4.78 is 5.07. The number of benzene rings is 2. The summed E-state index contributed by atoms with van der Waals surface area (Å²) in [7, 11) is 0. The maximum Gasteiger partial charge on any atom is 0.291 e. The molecule has 3 aromatic rings. The second-order valence-corrected chi connectivity index (χ2v) is 7.04. The molecule has 0 bridgehead atoms. The van der Waals surface area contributed by atoms with Gasteiger partial charge in [0.05, 0.1) is 12.0 Å². The molecule has 6 nitrogen and oxygen atoms in total. The summed E-state index contributed by atoms with van der Waals surface area (Å²) in [6.45, 7) is 1.83. The number of amides is 2. The monoisotopic (exact) mass is 387 g/mol. The summed E-state index contributed by atoms with van der Waals surface area (Å²) in [5, 5.41) is 6.99. The maximum atomic E-state index is 12.3. The number of rotatable bonds is 6. The fourth-order valence-corrected chi connectivity index (χ4v) is 3.24. The molecule has 0 spiro atoms. The van der Waals surface area contributed by atoms with Crippen LogP contribution >= 0.6 is 0 Å². The van der Waals surface area contributed by atoms with E-state index >= 15 is 0 Å². The molecule has 2 atom stereocenters. The van der Waals surface area contributed by atoms with Gasteiger partial charge in [-0.05, 0) is 54.7 Å². The van der Waals surface area contributed by atoms with Crippen molar-refractivity contribution in [2.75, 3.05) is 5.32 Å². The van der Waals surface area contributed by atoms with Gasteiger partial charge in [-0.2, -0.15) is 5.10 Å². The second kappa shape index (κ2) is 8.14. The van der Waals surface area contributed by atoms with E-state index in [-0.39, 0.29) is 29.4 Å². The third kappa shape index (κ3) is 4.43. The van der Waals surface area contributed by atoms with Gasteiger partial charge in [-0.25, -0.2) is 5.43 Å². The van der Waals surface area contributed by atoms with Gasteiger partial charge in [-0.3, -0.25) is 9.59 Å². The summed E-state index contributed by atoms with van der Waals surface area (Å²) in [5.41, 5.74) is 6.07. The SMILES string of the molecule is C/C(=N\NC(=O)[C@H]1C[C@@H]1c1ccccc1)c1ccc(NC(=O)c2ccco2)cc1. The Labute approximate surface area is 168 Å². The quantitative estimate of drug-likeness (QED) is 0.492. The molecule has 1 aliphatic carbocycles. The summed E-state index contributed by atoms with van der Waals surface area (Å²) in [5.74, 6) is 0.152. The summed E-state index contributed by atoms with van der Waals surface area (Å²) >= 11 is 0. The number of anilines is 1. The zero-order valence-corrected chi connectivity index (χ0v) is 16.0. The van der Waals surface area contributed by atoms with Crippen LogP contribution in [0.5, 0.6) is 0 Å². The van der Waals surface area contributed by atoms with Crippen molar-refractivity contribution in [3.8, 4) is 0 Å². The Kier molecular flexibility index (Phi) is 5.24. The number of nitrogens with zero attached hydrogens (tertiary/aromatic N) is 1. The molecule has 2 aromatic carbocycles. The van der Waals surface area contributed by atoms with E-state index in [0.717, 1.165) is 12.0 Å². The average Bonchev–Trinajstić information content (AvgIpc) is 3.37. The van der Waals surface area contributed by atoms with Crippen molar-refractivity contribution in [3.05, 3.63) is 89.9 Å². The van der Waals surface area contributed by atoms with E-state index in [1.807, 2.05) is 37.3 Å². The van der Waals surface area contributed by atoms with Gasteiger partial charge in [0.2, 0.25) is 5.91 Å². The van der Waals surface area contributed by atoms with Gasteiger partial charge in [-0.1, -0.05) is 42.5 Å². The van der Waals surface area contributed by atoms with Gasteiger partial charge in [-0.15, -0.1) is 0 Å². The van der Waals surface area contributed by atoms with E-state index in [9.17, 15) is 9.59 Å². The lowest BCUT2D eigenvalue weighted by atomic mass is 10.1. The van der Waals surface area contributed by atoms with Crippen molar-refractivity contribution in [1.82, 2.24) is 5.43 Å². The Morgan fingerprint density at radius 1 is 1.00 bits per heavy atom. The van der Waals surface area contributed by atoms with E-state index < -0.39 is 0 Å². The van der Waals surface area contributed by atoms with Crippen LogP contribution in [0.15, 0.2) is 82.5 Å². The van der Waals surface area contributed by atoms with Crippen LogP contribution in [0.3, 0.4) is 0 Å². The minimum atomic E-state index is -0.308. The number of hydrogen-bond acceptors (Lipinski definition) is 4. The van der Waals surface area contributed by atoms with Crippen LogP contribution in [-0.2, 0) is 4.79 Å². The first kappa shape index (κ1) is 18.7. The Morgan fingerprint density at radius 2 is 1.76 bits per heavy atom. The lowest BCUT2D eigenvalue weighted by Crippen LogP contribution is -2.21. The fourth-order valence-electron chi connectivity index (χ4n) is 3.24. The molecule has 2 N–H and O–H groups in total. The molecular weight excluding hydrogens is 366 g/mol. The zero-order chi connectivity index (χ0) is 20.2. The topological polar surface area (TPSA) is 83.7 Å². The highest BCUT2D eigenvalue weighted by atomic mass is 16.3. The molecule has 1 heterocycles. The Balaban J connectivity index is 1.32. The maximum absolute atomic E-state index is 12.3. The fraction of sp³-hybridized carbons (Fsp3) is 0.174. The predicted octanol–water partition coefficient (Wildman–Crippen LogP) is 4.18. The van der Waals surface area contributed by atoms with Crippen molar-refractivity contribution in [2.24, 2.45) is 11.0 Å². The minimum absolute atomic E-state index is 0.0202. The van der Waals surface area contributed by atoms with E-state index in [4.69, 9.17) is 4.42 Å². The molecule has 146 valence electrons. The number of furan rings is 1. The third-order valence-corrected chi connectivity index (χ3v) is 4.99. The average molecular weight is 387 g/mol. The van der Waals surface area contributed by atoms with Crippen LogP contribution in [0.2, 0.25) is 0 Å². The van der Waals surface area contributed by atoms with Crippen LogP contribution in [0.1, 0.15) is 40.9 Å². The third-order valence-electron chi connectivity index (χ3n) is 4.99. The molecule has 0 radical (unpaired) electrons. The van der Waals surface area contributed by atoms with Gasteiger partial charge < -0.3 is 9.73 Å². The second-order valence-electron chi connectivity index (χ2n) is 7.04. The van der Waals surface area contributed by atoms with E-state index in [1.54, 1.807) is 24.3 Å². The molecule has 1 saturated carbocycles. The highest BCUT2D eigenvalue weighted by Gasteiger charge is 2.43. The number of carbonyl (C=O) groups excluding carboxylic acids is 2. The number of hydrazone groups is 1. The van der Waals surface area contributed by atoms with E-state index in [0.29, 0.717) is 11.4 Å². The molecule has 4 rings (SSSR count). The van der Waals surface area contributed by atoms with Crippen molar-refractivity contribution >= 4 is 23.2 Å². The highest BCUT2D eigenvalue weighted by molar-refractivity contribution is 6.03. The first-order valence-corrected chi connectivity index (χ1v) is 9.46. The summed E-state index contributed by atoms with van der Waals surface area (Å²) in [6, 6.07) is 20.6. The normalized spacial score (nSPS) is 18.2.